The Bertz CT molecular complexity index is 611. The number of hydrogen-bond acceptors (Lipinski definition) is 3. The zero-order valence-corrected chi connectivity index (χ0v) is 10.5. The molecule has 8 heteroatoms. The van der Waals surface area contributed by atoms with Crippen LogP contribution in [0.3, 0.4) is 0 Å². The molecule has 104 valence electrons. The molecule has 2 rings (SSSR count). The molecule has 0 atom stereocenters. The highest BCUT2D eigenvalue weighted by atomic mass is 35.5. The van der Waals surface area contributed by atoms with Crippen molar-refractivity contribution in [2.24, 2.45) is 0 Å². The number of nitrogens with zero attached hydrogens (tertiary/aromatic N) is 2. The number of anilines is 1. The Labute approximate surface area is 116 Å². The number of benzene rings is 1. The lowest BCUT2D eigenvalue weighted by atomic mass is 10.2. The summed E-state index contributed by atoms with van der Waals surface area (Å²) < 4.78 is 37.1. The lowest BCUT2D eigenvalue weighted by molar-refractivity contribution is -0.137. The average molecular weight is 302 g/mol. The Balaban J connectivity index is 2.10. The van der Waals surface area contributed by atoms with Crippen molar-refractivity contribution in [1.29, 1.82) is 0 Å². The van der Waals surface area contributed by atoms with E-state index in [0.717, 1.165) is 24.3 Å². The van der Waals surface area contributed by atoms with E-state index in [0.29, 0.717) is 0 Å². The molecular formula is C12H7ClF3N3O. The summed E-state index contributed by atoms with van der Waals surface area (Å²) in [7, 11) is 0. The molecule has 0 radical (unpaired) electrons. The Morgan fingerprint density at radius 2 is 1.75 bits per heavy atom. The number of carbonyl (C=O) groups excluding carboxylic acids is 1. The molecule has 1 heterocycles. The smallest absolute Gasteiger partial charge is 0.321 e. The van der Waals surface area contributed by atoms with Crippen molar-refractivity contribution in [2.45, 2.75) is 6.18 Å². The third-order valence-electron chi connectivity index (χ3n) is 2.32. The Hall–Kier alpha value is -2.15. The zero-order chi connectivity index (χ0) is 14.8. The number of halogens is 4. The third kappa shape index (κ3) is 3.45. The van der Waals surface area contributed by atoms with Crippen LogP contribution < -0.4 is 5.32 Å². The molecule has 1 amide bonds. The van der Waals surface area contributed by atoms with Crippen LogP contribution in [0.4, 0.5) is 18.9 Å². The fraction of sp³-hybridized carbons (Fsp3) is 0.0833. The summed E-state index contributed by atoms with van der Waals surface area (Å²) >= 11 is 5.52. The Morgan fingerprint density at radius 1 is 1.10 bits per heavy atom. The van der Waals surface area contributed by atoms with Gasteiger partial charge in [-0.1, -0.05) is 11.6 Å². The van der Waals surface area contributed by atoms with Crippen molar-refractivity contribution in [3.63, 3.8) is 0 Å². The van der Waals surface area contributed by atoms with Gasteiger partial charge >= 0.3 is 6.18 Å². The maximum absolute atomic E-state index is 12.4. The SMILES string of the molecule is O=C(Nc1ccc(C(F)(F)F)cc1)c1cnc(Cl)cn1. The van der Waals surface area contributed by atoms with Gasteiger partial charge in [-0.3, -0.25) is 4.79 Å². The monoisotopic (exact) mass is 301 g/mol. The van der Waals surface area contributed by atoms with Crippen molar-refractivity contribution in [2.75, 3.05) is 5.32 Å². The quantitative estimate of drug-likeness (QED) is 0.925. The van der Waals surface area contributed by atoms with Crippen molar-refractivity contribution in [3.05, 3.63) is 53.1 Å². The van der Waals surface area contributed by atoms with E-state index >= 15 is 0 Å². The van der Waals surface area contributed by atoms with Gasteiger partial charge < -0.3 is 5.32 Å². The van der Waals surface area contributed by atoms with Gasteiger partial charge in [-0.05, 0) is 24.3 Å². The van der Waals surface area contributed by atoms with Gasteiger partial charge in [0.05, 0.1) is 18.0 Å². The Morgan fingerprint density at radius 3 is 2.25 bits per heavy atom. The van der Waals surface area contributed by atoms with Crippen LogP contribution in [-0.2, 0) is 6.18 Å². The molecule has 20 heavy (non-hydrogen) atoms. The number of nitrogens with one attached hydrogen (secondary N) is 1. The van der Waals surface area contributed by atoms with Gasteiger partial charge in [0.25, 0.3) is 5.91 Å². The summed E-state index contributed by atoms with van der Waals surface area (Å²) in [5.41, 5.74) is -0.559. The molecule has 2 aromatic rings. The van der Waals surface area contributed by atoms with Gasteiger partial charge in [0.15, 0.2) is 0 Å². The van der Waals surface area contributed by atoms with Crippen LogP contribution in [0.15, 0.2) is 36.7 Å². The van der Waals surface area contributed by atoms with Crippen LogP contribution in [0.2, 0.25) is 5.15 Å². The molecule has 1 aromatic heterocycles. The zero-order valence-electron chi connectivity index (χ0n) is 9.78. The first-order chi connectivity index (χ1) is 9.36. The molecule has 1 N–H and O–H groups in total. The minimum Gasteiger partial charge on any atom is -0.321 e. The highest BCUT2D eigenvalue weighted by Gasteiger charge is 2.29. The predicted molar refractivity (Wildman–Crippen MR) is 66.4 cm³/mol. The maximum Gasteiger partial charge on any atom is 0.416 e. The summed E-state index contributed by atoms with van der Waals surface area (Å²) in [6.45, 7) is 0. The molecule has 0 spiro atoms. The fourth-order valence-electron chi connectivity index (χ4n) is 1.37. The van der Waals surface area contributed by atoms with Crippen molar-refractivity contribution < 1.29 is 18.0 Å². The van der Waals surface area contributed by atoms with Crippen LogP contribution in [0.25, 0.3) is 0 Å². The number of aromatic nitrogens is 2. The van der Waals surface area contributed by atoms with E-state index < -0.39 is 17.6 Å². The summed E-state index contributed by atoms with van der Waals surface area (Å²) in [5, 5.41) is 2.54. The minimum absolute atomic E-state index is 0.00861. The number of hydrogen-bond donors (Lipinski definition) is 1. The van der Waals surface area contributed by atoms with Gasteiger partial charge in [-0.15, -0.1) is 0 Å². The second kappa shape index (κ2) is 5.46. The molecule has 0 aliphatic rings. The molecule has 0 saturated heterocycles. The van der Waals surface area contributed by atoms with E-state index in [-0.39, 0.29) is 16.5 Å². The van der Waals surface area contributed by atoms with E-state index in [1.54, 1.807) is 0 Å². The van der Waals surface area contributed by atoms with Gasteiger partial charge in [-0.25, -0.2) is 9.97 Å². The summed E-state index contributed by atoms with van der Waals surface area (Å²) in [4.78, 5) is 19.2. The first kappa shape index (κ1) is 14.3. The molecule has 1 aromatic carbocycles. The van der Waals surface area contributed by atoms with Gasteiger partial charge in [0, 0.05) is 5.69 Å². The van der Waals surface area contributed by atoms with Gasteiger partial charge in [-0.2, -0.15) is 13.2 Å². The fourth-order valence-corrected chi connectivity index (χ4v) is 1.46. The molecule has 0 aliphatic heterocycles. The first-order valence-corrected chi connectivity index (χ1v) is 5.70. The van der Waals surface area contributed by atoms with Crippen molar-refractivity contribution in [3.8, 4) is 0 Å². The number of rotatable bonds is 2. The van der Waals surface area contributed by atoms with E-state index in [1.807, 2.05) is 0 Å². The summed E-state index contributed by atoms with van der Waals surface area (Å²) in [5.74, 6) is -0.589. The second-order valence-corrected chi connectivity index (χ2v) is 4.14. The lowest BCUT2D eigenvalue weighted by Gasteiger charge is -2.08. The van der Waals surface area contributed by atoms with E-state index in [9.17, 15) is 18.0 Å². The van der Waals surface area contributed by atoms with E-state index in [1.165, 1.54) is 12.4 Å². The molecule has 0 fully saturated rings. The van der Waals surface area contributed by atoms with Crippen LogP contribution in [0, 0.1) is 0 Å². The maximum atomic E-state index is 12.4. The molecule has 0 aliphatic carbocycles. The van der Waals surface area contributed by atoms with Crippen molar-refractivity contribution >= 4 is 23.2 Å². The average Bonchev–Trinajstić information content (AvgIpc) is 2.39. The largest absolute Gasteiger partial charge is 0.416 e. The van der Waals surface area contributed by atoms with E-state index in [4.69, 9.17) is 11.6 Å². The third-order valence-corrected chi connectivity index (χ3v) is 2.52. The van der Waals surface area contributed by atoms with E-state index in [2.05, 4.69) is 15.3 Å². The molecule has 0 unspecified atom stereocenters. The normalized spacial score (nSPS) is 11.2. The van der Waals surface area contributed by atoms with Crippen LogP contribution in [0.5, 0.6) is 0 Å². The lowest BCUT2D eigenvalue weighted by Crippen LogP contribution is -2.14. The Kier molecular flexibility index (Phi) is 3.89. The summed E-state index contributed by atoms with van der Waals surface area (Å²) in [6.07, 6.45) is -2.05. The van der Waals surface area contributed by atoms with Crippen LogP contribution >= 0.6 is 11.6 Å². The second-order valence-electron chi connectivity index (χ2n) is 3.75. The minimum atomic E-state index is -4.41. The highest BCUT2D eigenvalue weighted by molar-refractivity contribution is 6.29. The predicted octanol–water partition coefficient (Wildman–Crippen LogP) is 3.40. The molecular weight excluding hydrogens is 295 g/mol. The number of carbonyl (C=O) groups is 1. The van der Waals surface area contributed by atoms with Gasteiger partial charge in [0.2, 0.25) is 0 Å². The number of amides is 1. The number of alkyl halides is 3. The van der Waals surface area contributed by atoms with Gasteiger partial charge in [0.1, 0.15) is 10.8 Å². The molecule has 4 nitrogen and oxygen atoms in total. The molecule has 0 bridgehead atoms. The van der Waals surface area contributed by atoms with Crippen molar-refractivity contribution in [1.82, 2.24) is 9.97 Å². The topological polar surface area (TPSA) is 54.9 Å². The first-order valence-electron chi connectivity index (χ1n) is 5.32. The van der Waals surface area contributed by atoms with Crippen LogP contribution in [0.1, 0.15) is 16.1 Å². The summed E-state index contributed by atoms with van der Waals surface area (Å²) in [6, 6.07) is 4.07. The standard InChI is InChI=1S/C12H7ClF3N3O/c13-10-6-17-9(5-18-10)11(20)19-8-3-1-7(2-4-8)12(14,15)16/h1-6H,(H,19,20). The highest BCUT2D eigenvalue weighted by Crippen LogP contribution is 2.29. The van der Waals surface area contributed by atoms with Crippen LogP contribution in [-0.4, -0.2) is 15.9 Å². The molecule has 0 saturated carbocycles.